The van der Waals surface area contributed by atoms with Crippen LogP contribution in [0.2, 0.25) is 0 Å². The molecule has 0 saturated heterocycles. The SMILES string of the molecule is C/C(=C\C#N)c1cc(C)c(N)c(C)c1. The van der Waals surface area contributed by atoms with E-state index in [-0.39, 0.29) is 0 Å². The van der Waals surface area contributed by atoms with Gasteiger partial charge in [0.2, 0.25) is 0 Å². The average molecular weight is 186 g/mol. The van der Waals surface area contributed by atoms with Gasteiger partial charge in [0.1, 0.15) is 0 Å². The summed E-state index contributed by atoms with van der Waals surface area (Å²) in [6, 6.07) is 6.04. The number of rotatable bonds is 1. The molecule has 0 saturated carbocycles. The van der Waals surface area contributed by atoms with E-state index in [1.165, 1.54) is 0 Å². The lowest BCUT2D eigenvalue weighted by molar-refractivity contribution is 1.36. The molecule has 72 valence electrons. The van der Waals surface area contributed by atoms with Gasteiger partial charge in [0, 0.05) is 11.8 Å². The third-order valence-corrected chi connectivity index (χ3v) is 2.33. The molecule has 1 rings (SSSR count). The molecule has 0 heterocycles. The molecule has 0 unspecified atom stereocenters. The van der Waals surface area contributed by atoms with E-state index in [2.05, 4.69) is 0 Å². The third-order valence-electron chi connectivity index (χ3n) is 2.33. The molecule has 2 heteroatoms. The summed E-state index contributed by atoms with van der Waals surface area (Å²) in [5, 5.41) is 8.54. The van der Waals surface area contributed by atoms with Gasteiger partial charge in [-0.15, -0.1) is 0 Å². The molecule has 0 bridgehead atoms. The van der Waals surface area contributed by atoms with Crippen molar-refractivity contribution in [1.82, 2.24) is 0 Å². The fraction of sp³-hybridized carbons (Fsp3) is 0.250. The third kappa shape index (κ3) is 1.94. The molecule has 2 nitrogen and oxygen atoms in total. The average Bonchev–Trinajstić information content (AvgIpc) is 2.13. The summed E-state index contributed by atoms with van der Waals surface area (Å²) in [5.74, 6) is 0. The fourth-order valence-corrected chi connectivity index (χ4v) is 1.38. The number of nitrogens with two attached hydrogens (primary N) is 1. The minimum absolute atomic E-state index is 0.832. The Labute approximate surface area is 84.7 Å². The van der Waals surface area contributed by atoms with Crippen molar-refractivity contribution in [2.24, 2.45) is 0 Å². The number of nitrogen functional groups attached to an aromatic ring is 1. The molecule has 14 heavy (non-hydrogen) atoms. The van der Waals surface area contributed by atoms with Gasteiger partial charge in [-0.2, -0.15) is 5.26 Å². The van der Waals surface area contributed by atoms with E-state index in [0.29, 0.717) is 0 Å². The van der Waals surface area contributed by atoms with Crippen LogP contribution in [0.4, 0.5) is 5.69 Å². The number of aryl methyl sites for hydroxylation is 2. The van der Waals surface area contributed by atoms with Gasteiger partial charge >= 0.3 is 0 Å². The van der Waals surface area contributed by atoms with Crippen LogP contribution in [0.15, 0.2) is 18.2 Å². The monoisotopic (exact) mass is 186 g/mol. The number of nitrogens with zero attached hydrogens (tertiary/aromatic N) is 1. The van der Waals surface area contributed by atoms with Crippen molar-refractivity contribution in [3.8, 4) is 6.07 Å². The Balaban J connectivity index is 3.27. The highest BCUT2D eigenvalue weighted by atomic mass is 14.6. The van der Waals surface area contributed by atoms with Gasteiger partial charge in [-0.25, -0.2) is 0 Å². The normalized spacial score (nSPS) is 11.1. The van der Waals surface area contributed by atoms with E-state index in [1.54, 1.807) is 6.08 Å². The molecule has 1 aromatic carbocycles. The summed E-state index contributed by atoms with van der Waals surface area (Å²) in [6.07, 6.45) is 1.55. The molecule has 2 N–H and O–H groups in total. The number of hydrogen-bond acceptors (Lipinski definition) is 2. The Morgan fingerprint density at radius 2 is 1.86 bits per heavy atom. The van der Waals surface area contributed by atoms with Gasteiger partial charge in [-0.3, -0.25) is 0 Å². The van der Waals surface area contributed by atoms with Gasteiger partial charge in [0.05, 0.1) is 6.07 Å². The predicted molar refractivity (Wildman–Crippen MR) is 59.6 cm³/mol. The summed E-state index contributed by atoms with van der Waals surface area (Å²) in [7, 11) is 0. The van der Waals surface area contributed by atoms with Crippen LogP contribution in [0, 0.1) is 25.2 Å². The van der Waals surface area contributed by atoms with Crippen LogP contribution in [-0.2, 0) is 0 Å². The zero-order valence-electron chi connectivity index (χ0n) is 8.76. The van der Waals surface area contributed by atoms with E-state index >= 15 is 0 Å². The van der Waals surface area contributed by atoms with Gasteiger partial charge in [-0.05, 0) is 55.2 Å². The Hall–Kier alpha value is -1.75. The Kier molecular flexibility index (Phi) is 2.93. The topological polar surface area (TPSA) is 49.8 Å². The van der Waals surface area contributed by atoms with E-state index in [9.17, 15) is 0 Å². The van der Waals surface area contributed by atoms with Crippen LogP contribution in [0.5, 0.6) is 0 Å². The van der Waals surface area contributed by atoms with Crippen LogP contribution in [-0.4, -0.2) is 0 Å². The highest BCUT2D eigenvalue weighted by Gasteiger charge is 2.02. The number of allylic oxidation sites excluding steroid dienone is 2. The largest absolute Gasteiger partial charge is 0.398 e. The van der Waals surface area contributed by atoms with Crippen LogP contribution >= 0.6 is 0 Å². The lowest BCUT2D eigenvalue weighted by Crippen LogP contribution is -1.95. The molecule has 0 aliphatic carbocycles. The molecule has 0 aromatic heterocycles. The number of hydrogen-bond donors (Lipinski definition) is 1. The first kappa shape index (κ1) is 10.3. The summed E-state index contributed by atoms with van der Waals surface area (Å²) < 4.78 is 0. The maximum atomic E-state index is 8.54. The first-order chi connectivity index (χ1) is 6.56. The minimum Gasteiger partial charge on any atom is -0.398 e. The van der Waals surface area contributed by atoms with E-state index in [0.717, 1.165) is 28.0 Å². The second-order valence-corrected chi connectivity index (χ2v) is 3.48. The predicted octanol–water partition coefficient (Wildman–Crippen LogP) is 2.81. The van der Waals surface area contributed by atoms with Gasteiger partial charge < -0.3 is 5.73 Å². The smallest absolute Gasteiger partial charge is 0.0915 e. The zero-order valence-corrected chi connectivity index (χ0v) is 8.76. The first-order valence-corrected chi connectivity index (χ1v) is 4.49. The standard InChI is InChI=1S/C12H14N2/c1-8(4-5-13)11-6-9(2)12(14)10(3)7-11/h4,6-7H,14H2,1-3H3/b8-4+. The van der Waals surface area contributed by atoms with Crippen molar-refractivity contribution in [1.29, 1.82) is 5.26 Å². The van der Waals surface area contributed by atoms with Crippen molar-refractivity contribution in [3.05, 3.63) is 34.9 Å². The Morgan fingerprint density at radius 3 is 2.29 bits per heavy atom. The van der Waals surface area contributed by atoms with Crippen molar-refractivity contribution >= 4 is 11.3 Å². The van der Waals surface area contributed by atoms with Crippen molar-refractivity contribution < 1.29 is 0 Å². The highest BCUT2D eigenvalue weighted by Crippen LogP contribution is 2.23. The lowest BCUT2D eigenvalue weighted by atomic mass is 10.00. The second kappa shape index (κ2) is 3.97. The number of anilines is 1. The van der Waals surface area contributed by atoms with Crippen molar-refractivity contribution in [2.45, 2.75) is 20.8 Å². The number of nitriles is 1. The molecule has 0 aliphatic rings. The Morgan fingerprint density at radius 1 is 1.36 bits per heavy atom. The molecule has 0 fully saturated rings. The molecule has 0 aliphatic heterocycles. The van der Waals surface area contributed by atoms with Gasteiger partial charge in [0.25, 0.3) is 0 Å². The summed E-state index contributed by atoms with van der Waals surface area (Å²) in [5.41, 5.74) is 10.8. The highest BCUT2D eigenvalue weighted by molar-refractivity contribution is 5.70. The fourth-order valence-electron chi connectivity index (χ4n) is 1.38. The molecular formula is C12H14N2. The van der Waals surface area contributed by atoms with Crippen LogP contribution in [0.25, 0.3) is 5.57 Å². The van der Waals surface area contributed by atoms with Crippen molar-refractivity contribution in [3.63, 3.8) is 0 Å². The first-order valence-electron chi connectivity index (χ1n) is 4.49. The van der Waals surface area contributed by atoms with Gasteiger partial charge in [0.15, 0.2) is 0 Å². The molecule has 0 radical (unpaired) electrons. The Bertz CT molecular complexity index is 399. The maximum absolute atomic E-state index is 8.54. The summed E-state index contributed by atoms with van der Waals surface area (Å²) in [6.45, 7) is 5.88. The van der Waals surface area contributed by atoms with Crippen LogP contribution in [0.1, 0.15) is 23.6 Å². The quantitative estimate of drug-likeness (QED) is 0.541. The van der Waals surface area contributed by atoms with Crippen LogP contribution in [0.3, 0.4) is 0 Å². The van der Waals surface area contributed by atoms with Crippen molar-refractivity contribution in [2.75, 3.05) is 5.73 Å². The molecule has 0 spiro atoms. The van der Waals surface area contributed by atoms with E-state index in [4.69, 9.17) is 11.0 Å². The summed E-state index contributed by atoms with van der Waals surface area (Å²) in [4.78, 5) is 0. The second-order valence-electron chi connectivity index (χ2n) is 3.48. The molecule has 1 aromatic rings. The van der Waals surface area contributed by atoms with E-state index in [1.807, 2.05) is 39.0 Å². The number of benzene rings is 1. The summed E-state index contributed by atoms with van der Waals surface area (Å²) >= 11 is 0. The van der Waals surface area contributed by atoms with Gasteiger partial charge in [-0.1, -0.05) is 0 Å². The molecule has 0 atom stereocenters. The molecular weight excluding hydrogens is 172 g/mol. The van der Waals surface area contributed by atoms with E-state index < -0.39 is 0 Å². The lowest BCUT2D eigenvalue weighted by Gasteiger charge is -2.08. The van der Waals surface area contributed by atoms with Crippen LogP contribution < -0.4 is 5.73 Å². The maximum Gasteiger partial charge on any atom is 0.0915 e. The minimum atomic E-state index is 0.832. The zero-order chi connectivity index (χ0) is 10.7. The molecule has 0 amide bonds.